The van der Waals surface area contributed by atoms with Gasteiger partial charge in [0.2, 0.25) is 5.91 Å². The van der Waals surface area contributed by atoms with Crippen molar-refractivity contribution in [3.05, 3.63) is 53.1 Å². The van der Waals surface area contributed by atoms with E-state index in [0.29, 0.717) is 10.8 Å². The highest BCUT2D eigenvalue weighted by molar-refractivity contribution is 7.92. The van der Waals surface area contributed by atoms with Crippen molar-refractivity contribution < 1.29 is 17.9 Å². The zero-order valence-electron chi connectivity index (χ0n) is 17.2. The molecular weight excluding hydrogens is 424 g/mol. The molecule has 1 N–H and O–H groups in total. The Morgan fingerprint density at radius 1 is 1.13 bits per heavy atom. The first-order valence-corrected chi connectivity index (χ1v) is 11.9. The van der Waals surface area contributed by atoms with Gasteiger partial charge in [0.05, 0.1) is 17.7 Å². The van der Waals surface area contributed by atoms with E-state index in [-0.39, 0.29) is 29.1 Å². The zero-order valence-corrected chi connectivity index (χ0v) is 18.8. The monoisotopic (exact) mass is 450 g/mol. The molecule has 0 heterocycles. The van der Waals surface area contributed by atoms with Gasteiger partial charge >= 0.3 is 0 Å². The summed E-state index contributed by atoms with van der Waals surface area (Å²) < 4.78 is 33.4. The molecule has 1 amide bonds. The number of methoxy groups -OCH3 is 1. The van der Waals surface area contributed by atoms with E-state index < -0.39 is 10.0 Å². The number of halogens is 1. The van der Waals surface area contributed by atoms with Gasteiger partial charge in [-0.2, -0.15) is 0 Å². The van der Waals surface area contributed by atoms with Crippen molar-refractivity contribution in [2.45, 2.75) is 50.0 Å². The molecule has 2 aromatic carbocycles. The molecule has 0 aromatic heterocycles. The summed E-state index contributed by atoms with van der Waals surface area (Å²) in [7, 11) is -2.57. The first-order chi connectivity index (χ1) is 14.3. The van der Waals surface area contributed by atoms with Gasteiger partial charge in [-0.25, -0.2) is 8.42 Å². The van der Waals surface area contributed by atoms with Gasteiger partial charge in [0.1, 0.15) is 12.3 Å². The van der Waals surface area contributed by atoms with Gasteiger partial charge < -0.3 is 10.1 Å². The third-order valence-corrected chi connectivity index (χ3v) is 7.29. The van der Waals surface area contributed by atoms with Crippen molar-refractivity contribution in [2.75, 3.05) is 18.0 Å². The largest absolute Gasteiger partial charge is 0.495 e. The lowest BCUT2D eigenvalue weighted by Gasteiger charge is -2.28. The van der Waals surface area contributed by atoms with Crippen LogP contribution in [0.4, 0.5) is 5.69 Å². The summed E-state index contributed by atoms with van der Waals surface area (Å²) in [6.45, 7) is 1.52. The quantitative estimate of drug-likeness (QED) is 0.682. The number of nitrogens with zero attached hydrogens (tertiary/aromatic N) is 1. The Morgan fingerprint density at radius 2 is 1.80 bits per heavy atom. The fraction of sp³-hybridized carbons (Fsp3) is 0.409. The molecule has 0 bridgehead atoms. The molecule has 1 aliphatic carbocycles. The van der Waals surface area contributed by atoms with Crippen molar-refractivity contribution in [2.24, 2.45) is 0 Å². The number of hydrogen-bond donors (Lipinski definition) is 1. The molecule has 1 fully saturated rings. The van der Waals surface area contributed by atoms with Crippen LogP contribution >= 0.6 is 11.6 Å². The molecule has 0 radical (unpaired) electrons. The van der Waals surface area contributed by atoms with E-state index in [9.17, 15) is 13.2 Å². The molecule has 0 saturated heterocycles. The predicted octanol–water partition coefficient (Wildman–Crippen LogP) is 4.30. The van der Waals surface area contributed by atoms with E-state index in [0.717, 1.165) is 35.6 Å². The van der Waals surface area contributed by atoms with Gasteiger partial charge in [-0.15, -0.1) is 0 Å². The van der Waals surface area contributed by atoms with Gasteiger partial charge in [-0.05, 0) is 50.1 Å². The number of sulfonamides is 1. The fourth-order valence-corrected chi connectivity index (χ4v) is 5.24. The Hall–Kier alpha value is -2.25. The lowest BCUT2D eigenvalue weighted by molar-refractivity contribution is -0.120. The topological polar surface area (TPSA) is 75.7 Å². The summed E-state index contributed by atoms with van der Waals surface area (Å²) in [5.41, 5.74) is 1.17. The predicted molar refractivity (Wildman–Crippen MR) is 119 cm³/mol. The van der Waals surface area contributed by atoms with Crippen LogP contribution in [-0.4, -0.2) is 34.0 Å². The number of anilines is 1. The number of rotatable bonds is 7. The van der Waals surface area contributed by atoms with E-state index in [1.165, 1.54) is 31.7 Å². The minimum Gasteiger partial charge on any atom is -0.495 e. The number of aryl methyl sites for hydroxylation is 1. The normalized spacial score (nSPS) is 14.9. The average molecular weight is 451 g/mol. The molecule has 3 rings (SSSR count). The average Bonchev–Trinajstić information content (AvgIpc) is 2.73. The molecule has 1 aliphatic rings. The van der Waals surface area contributed by atoms with Crippen LogP contribution in [0.15, 0.2) is 47.4 Å². The van der Waals surface area contributed by atoms with Crippen LogP contribution in [0.5, 0.6) is 5.75 Å². The number of carbonyl (C=O) groups excluding carboxylic acids is 1. The van der Waals surface area contributed by atoms with Crippen LogP contribution in [0, 0.1) is 6.92 Å². The smallest absolute Gasteiger partial charge is 0.264 e. The van der Waals surface area contributed by atoms with Crippen molar-refractivity contribution in [3.63, 3.8) is 0 Å². The van der Waals surface area contributed by atoms with Crippen LogP contribution < -0.4 is 14.4 Å². The molecule has 6 nitrogen and oxygen atoms in total. The summed E-state index contributed by atoms with van der Waals surface area (Å²) in [5, 5.41) is 3.33. The highest BCUT2D eigenvalue weighted by Gasteiger charge is 2.30. The molecule has 162 valence electrons. The number of amides is 1. The minimum absolute atomic E-state index is 0.0800. The van der Waals surface area contributed by atoms with Gasteiger partial charge in [-0.1, -0.05) is 48.6 Å². The number of carbonyl (C=O) groups is 1. The van der Waals surface area contributed by atoms with Gasteiger partial charge in [0.15, 0.2) is 0 Å². The molecule has 0 atom stereocenters. The fourth-order valence-electron chi connectivity index (χ4n) is 3.65. The number of ether oxygens (including phenoxy) is 1. The molecule has 1 saturated carbocycles. The van der Waals surface area contributed by atoms with Crippen molar-refractivity contribution in [1.29, 1.82) is 0 Å². The highest BCUT2D eigenvalue weighted by atomic mass is 35.5. The Morgan fingerprint density at radius 3 is 2.43 bits per heavy atom. The maximum atomic E-state index is 13.5. The Kier molecular flexibility index (Phi) is 7.26. The first-order valence-electron chi connectivity index (χ1n) is 10.0. The SMILES string of the molecule is COc1ccc(Cl)cc1N(CC(=O)NC1CCCCC1)S(=O)(=O)c1ccc(C)cc1. The summed E-state index contributed by atoms with van der Waals surface area (Å²) in [5.74, 6) is -0.0276. The second kappa shape index (κ2) is 9.71. The molecule has 8 heteroatoms. The standard InChI is InChI=1S/C22H27ClN2O4S/c1-16-8-11-19(12-9-16)30(27,28)25(20-14-17(23)10-13-21(20)29-2)15-22(26)24-18-6-4-3-5-7-18/h8-14,18H,3-7,15H2,1-2H3,(H,24,26). The van der Waals surface area contributed by atoms with E-state index in [4.69, 9.17) is 16.3 Å². The zero-order chi connectivity index (χ0) is 21.7. The Bertz CT molecular complexity index is 987. The van der Waals surface area contributed by atoms with Crippen molar-refractivity contribution in [1.82, 2.24) is 5.32 Å². The van der Waals surface area contributed by atoms with Gasteiger partial charge in [-0.3, -0.25) is 9.10 Å². The molecule has 2 aromatic rings. The number of hydrogen-bond acceptors (Lipinski definition) is 4. The maximum absolute atomic E-state index is 13.5. The van der Waals surface area contributed by atoms with Crippen molar-refractivity contribution >= 4 is 33.2 Å². The Balaban J connectivity index is 1.97. The van der Waals surface area contributed by atoms with Crippen LogP contribution in [0.2, 0.25) is 5.02 Å². The van der Waals surface area contributed by atoms with Crippen LogP contribution in [0.3, 0.4) is 0 Å². The molecule has 0 unspecified atom stereocenters. The number of benzene rings is 2. The molecule has 0 aliphatic heterocycles. The molecule has 0 spiro atoms. The summed E-state index contributed by atoms with van der Waals surface area (Å²) in [4.78, 5) is 12.9. The third kappa shape index (κ3) is 5.26. The lowest BCUT2D eigenvalue weighted by Crippen LogP contribution is -2.45. The Labute approximate surface area is 183 Å². The lowest BCUT2D eigenvalue weighted by atomic mass is 9.95. The van der Waals surface area contributed by atoms with Crippen LogP contribution in [-0.2, 0) is 14.8 Å². The van der Waals surface area contributed by atoms with E-state index in [2.05, 4.69) is 5.32 Å². The molecular formula is C22H27ClN2O4S. The van der Waals surface area contributed by atoms with Gasteiger partial charge in [0.25, 0.3) is 10.0 Å². The van der Waals surface area contributed by atoms with E-state index >= 15 is 0 Å². The highest BCUT2D eigenvalue weighted by Crippen LogP contribution is 2.34. The van der Waals surface area contributed by atoms with Crippen molar-refractivity contribution in [3.8, 4) is 5.75 Å². The third-order valence-electron chi connectivity index (χ3n) is 5.28. The minimum atomic E-state index is -4.02. The van der Waals surface area contributed by atoms with E-state index in [1.54, 1.807) is 24.3 Å². The van der Waals surface area contributed by atoms with Crippen LogP contribution in [0.25, 0.3) is 0 Å². The van der Waals surface area contributed by atoms with Crippen LogP contribution in [0.1, 0.15) is 37.7 Å². The van der Waals surface area contributed by atoms with E-state index in [1.807, 2.05) is 6.92 Å². The maximum Gasteiger partial charge on any atom is 0.264 e. The number of nitrogens with one attached hydrogen (secondary N) is 1. The summed E-state index contributed by atoms with van der Waals surface area (Å²) in [6.07, 6.45) is 5.13. The first kappa shape index (κ1) is 22.4. The summed E-state index contributed by atoms with van der Waals surface area (Å²) >= 11 is 6.15. The van der Waals surface area contributed by atoms with Gasteiger partial charge in [0, 0.05) is 11.1 Å². The molecule has 30 heavy (non-hydrogen) atoms. The second-order valence-electron chi connectivity index (χ2n) is 7.54. The summed E-state index contributed by atoms with van der Waals surface area (Å²) in [6, 6.07) is 11.3. The second-order valence-corrected chi connectivity index (χ2v) is 9.84.